The van der Waals surface area contributed by atoms with Gasteiger partial charge in [-0.1, -0.05) is 0 Å². The Morgan fingerprint density at radius 3 is 2.43 bits per heavy atom. The lowest BCUT2D eigenvalue weighted by molar-refractivity contribution is 0.448. The summed E-state index contributed by atoms with van der Waals surface area (Å²) in [6.07, 6.45) is 0. The lowest BCUT2D eigenvalue weighted by Crippen LogP contribution is -2.10. The smallest absolute Gasteiger partial charge is 0.195 e. The summed E-state index contributed by atoms with van der Waals surface area (Å²) < 4.78 is 40.0. The van der Waals surface area contributed by atoms with Crippen LogP contribution in [0.25, 0.3) is 22.6 Å². The first-order valence-electron chi connectivity index (χ1n) is 6.15. The standard InChI is InChI=1S/C14H11F3N4/c1-21(2)10-6-5-9-14(19-10)20-13(18-9)7-3-4-8(15)12(17)11(7)16/h3-6H,1-2H3,(H,18,19,20). The van der Waals surface area contributed by atoms with Gasteiger partial charge in [-0.3, -0.25) is 0 Å². The summed E-state index contributed by atoms with van der Waals surface area (Å²) in [5.41, 5.74) is 0.818. The van der Waals surface area contributed by atoms with E-state index in [1.807, 2.05) is 14.1 Å². The second-order valence-electron chi connectivity index (χ2n) is 4.74. The minimum Gasteiger partial charge on any atom is -0.363 e. The van der Waals surface area contributed by atoms with E-state index in [2.05, 4.69) is 15.0 Å². The molecule has 2 heterocycles. The third-order valence-corrected chi connectivity index (χ3v) is 3.08. The van der Waals surface area contributed by atoms with Crippen molar-refractivity contribution in [1.82, 2.24) is 15.0 Å². The minimum absolute atomic E-state index is 0.102. The molecule has 3 aromatic rings. The van der Waals surface area contributed by atoms with Gasteiger partial charge in [0.1, 0.15) is 11.6 Å². The van der Waals surface area contributed by atoms with Crippen molar-refractivity contribution in [3.63, 3.8) is 0 Å². The number of halogens is 3. The van der Waals surface area contributed by atoms with Gasteiger partial charge in [0.2, 0.25) is 0 Å². The number of H-pyrrole nitrogens is 1. The highest BCUT2D eigenvalue weighted by Gasteiger charge is 2.17. The molecule has 0 fully saturated rings. The molecule has 0 bridgehead atoms. The van der Waals surface area contributed by atoms with Gasteiger partial charge in [0.05, 0.1) is 11.1 Å². The maximum absolute atomic E-state index is 13.8. The van der Waals surface area contributed by atoms with Crippen molar-refractivity contribution in [1.29, 1.82) is 0 Å². The van der Waals surface area contributed by atoms with Gasteiger partial charge in [-0.05, 0) is 24.3 Å². The first-order valence-corrected chi connectivity index (χ1v) is 6.15. The number of aromatic amines is 1. The van der Waals surface area contributed by atoms with Crippen LogP contribution in [0.1, 0.15) is 0 Å². The van der Waals surface area contributed by atoms with Crippen LogP contribution in [0.2, 0.25) is 0 Å². The number of imidazole rings is 1. The number of nitrogens with one attached hydrogen (secondary N) is 1. The predicted octanol–water partition coefficient (Wildman–Crippen LogP) is 3.11. The molecule has 0 radical (unpaired) electrons. The molecule has 21 heavy (non-hydrogen) atoms. The summed E-state index contributed by atoms with van der Waals surface area (Å²) in [4.78, 5) is 13.1. The molecule has 4 nitrogen and oxygen atoms in total. The molecule has 0 aliphatic rings. The van der Waals surface area contributed by atoms with Crippen molar-refractivity contribution in [2.24, 2.45) is 0 Å². The summed E-state index contributed by atoms with van der Waals surface area (Å²) in [6.45, 7) is 0. The molecule has 1 N–H and O–H groups in total. The number of anilines is 1. The molecule has 0 spiro atoms. The molecule has 0 unspecified atom stereocenters. The van der Waals surface area contributed by atoms with Crippen LogP contribution in [0.3, 0.4) is 0 Å². The summed E-state index contributed by atoms with van der Waals surface area (Å²) >= 11 is 0. The molecule has 2 aromatic heterocycles. The number of nitrogens with zero attached hydrogens (tertiary/aromatic N) is 3. The lowest BCUT2D eigenvalue weighted by Gasteiger charge is -2.09. The van der Waals surface area contributed by atoms with Gasteiger partial charge >= 0.3 is 0 Å². The van der Waals surface area contributed by atoms with Gasteiger partial charge < -0.3 is 9.88 Å². The quantitative estimate of drug-likeness (QED) is 0.738. The molecule has 0 atom stereocenters. The number of aromatic nitrogens is 3. The molecular formula is C14H11F3N4. The fraction of sp³-hybridized carbons (Fsp3) is 0.143. The Kier molecular flexibility index (Phi) is 3.04. The third-order valence-electron chi connectivity index (χ3n) is 3.08. The van der Waals surface area contributed by atoms with Crippen LogP contribution < -0.4 is 4.90 Å². The predicted molar refractivity (Wildman–Crippen MR) is 73.5 cm³/mol. The highest BCUT2D eigenvalue weighted by molar-refractivity contribution is 5.77. The Bertz CT molecular complexity index is 826. The highest BCUT2D eigenvalue weighted by Crippen LogP contribution is 2.26. The van der Waals surface area contributed by atoms with E-state index in [0.29, 0.717) is 17.0 Å². The zero-order valence-electron chi connectivity index (χ0n) is 11.3. The second-order valence-corrected chi connectivity index (χ2v) is 4.74. The Morgan fingerprint density at radius 2 is 1.71 bits per heavy atom. The molecule has 1 aromatic carbocycles. The molecular weight excluding hydrogens is 281 g/mol. The third kappa shape index (κ3) is 2.20. The van der Waals surface area contributed by atoms with Crippen LogP contribution in [0, 0.1) is 17.5 Å². The van der Waals surface area contributed by atoms with Crippen molar-refractivity contribution in [3.05, 3.63) is 41.7 Å². The Balaban J connectivity index is 2.15. The molecule has 0 aliphatic carbocycles. The molecule has 108 valence electrons. The first-order chi connectivity index (χ1) is 9.97. The minimum atomic E-state index is -1.52. The van der Waals surface area contributed by atoms with E-state index in [9.17, 15) is 13.2 Å². The number of hydrogen-bond donors (Lipinski definition) is 1. The fourth-order valence-corrected chi connectivity index (χ4v) is 1.97. The molecule has 0 amide bonds. The van der Waals surface area contributed by atoms with Crippen molar-refractivity contribution in [2.45, 2.75) is 0 Å². The number of fused-ring (bicyclic) bond motifs is 1. The van der Waals surface area contributed by atoms with E-state index < -0.39 is 17.5 Å². The lowest BCUT2D eigenvalue weighted by atomic mass is 10.2. The molecule has 3 rings (SSSR count). The van der Waals surface area contributed by atoms with E-state index in [0.717, 1.165) is 12.1 Å². The van der Waals surface area contributed by atoms with Crippen LogP contribution in [0.4, 0.5) is 19.0 Å². The topological polar surface area (TPSA) is 44.8 Å². The summed E-state index contributed by atoms with van der Waals surface area (Å²) in [6, 6.07) is 5.51. The molecule has 0 saturated heterocycles. The average Bonchev–Trinajstić information content (AvgIpc) is 2.87. The van der Waals surface area contributed by atoms with Crippen LogP contribution in [0.15, 0.2) is 24.3 Å². The summed E-state index contributed by atoms with van der Waals surface area (Å²) in [5.74, 6) is -3.24. The van der Waals surface area contributed by atoms with Gasteiger partial charge in [-0.25, -0.2) is 23.1 Å². The highest BCUT2D eigenvalue weighted by atomic mass is 19.2. The monoisotopic (exact) mass is 292 g/mol. The first kappa shape index (κ1) is 13.4. The van der Waals surface area contributed by atoms with Crippen LogP contribution >= 0.6 is 0 Å². The largest absolute Gasteiger partial charge is 0.363 e. The van der Waals surface area contributed by atoms with E-state index in [-0.39, 0.29) is 11.4 Å². The van der Waals surface area contributed by atoms with Crippen LogP contribution in [-0.4, -0.2) is 29.0 Å². The van der Waals surface area contributed by atoms with E-state index >= 15 is 0 Å². The molecule has 7 heteroatoms. The Hall–Kier alpha value is -2.57. The zero-order chi connectivity index (χ0) is 15.1. The van der Waals surface area contributed by atoms with Crippen LogP contribution in [-0.2, 0) is 0 Å². The van der Waals surface area contributed by atoms with Gasteiger partial charge in [0, 0.05) is 14.1 Å². The van der Waals surface area contributed by atoms with E-state index in [4.69, 9.17) is 0 Å². The van der Waals surface area contributed by atoms with Crippen molar-refractivity contribution >= 4 is 17.0 Å². The van der Waals surface area contributed by atoms with E-state index in [1.165, 1.54) is 0 Å². The summed E-state index contributed by atoms with van der Waals surface area (Å²) in [7, 11) is 3.66. The Morgan fingerprint density at radius 1 is 0.952 bits per heavy atom. The molecule has 0 aliphatic heterocycles. The normalized spacial score (nSPS) is 11.1. The van der Waals surface area contributed by atoms with E-state index in [1.54, 1.807) is 17.0 Å². The fourth-order valence-electron chi connectivity index (χ4n) is 1.97. The second kappa shape index (κ2) is 4.76. The van der Waals surface area contributed by atoms with Crippen molar-refractivity contribution < 1.29 is 13.2 Å². The van der Waals surface area contributed by atoms with Crippen molar-refractivity contribution in [2.75, 3.05) is 19.0 Å². The van der Waals surface area contributed by atoms with Gasteiger partial charge in [-0.2, -0.15) is 0 Å². The average molecular weight is 292 g/mol. The SMILES string of the molecule is CN(C)c1ccc2[nH]c(-c3ccc(F)c(F)c3F)nc2n1. The zero-order valence-corrected chi connectivity index (χ0v) is 11.3. The van der Waals surface area contributed by atoms with Gasteiger partial charge in [0.15, 0.2) is 23.1 Å². The van der Waals surface area contributed by atoms with Gasteiger partial charge in [0.25, 0.3) is 0 Å². The van der Waals surface area contributed by atoms with Gasteiger partial charge in [-0.15, -0.1) is 0 Å². The number of pyridine rings is 1. The van der Waals surface area contributed by atoms with Crippen molar-refractivity contribution in [3.8, 4) is 11.4 Å². The Labute approximate surface area is 118 Å². The number of hydrogen-bond acceptors (Lipinski definition) is 3. The number of benzene rings is 1. The maximum atomic E-state index is 13.8. The summed E-state index contributed by atoms with van der Waals surface area (Å²) in [5, 5.41) is 0. The maximum Gasteiger partial charge on any atom is 0.195 e. The molecule has 0 saturated carbocycles. The number of rotatable bonds is 2. The van der Waals surface area contributed by atoms with Crippen LogP contribution in [0.5, 0.6) is 0 Å².